The van der Waals surface area contributed by atoms with E-state index in [1.54, 1.807) is 24.3 Å². The zero-order valence-electron chi connectivity index (χ0n) is 17.4. The summed E-state index contributed by atoms with van der Waals surface area (Å²) in [6.45, 7) is 4.19. The first-order chi connectivity index (χ1) is 14.8. The summed E-state index contributed by atoms with van der Waals surface area (Å²) in [5.41, 5.74) is 2.35. The predicted octanol–water partition coefficient (Wildman–Crippen LogP) is 4.96. The predicted molar refractivity (Wildman–Crippen MR) is 120 cm³/mol. The second-order valence-electron chi connectivity index (χ2n) is 7.35. The Morgan fingerprint density at radius 2 is 1.94 bits per heavy atom. The fourth-order valence-corrected chi connectivity index (χ4v) is 3.54. The van der Waals surface area contributed by atoms with Crippen molar-refractivity contribution in [2.75, 3.05) is 11.9 Å². The topological polar surface area (TPSA) is 89.8 Å². The molecule has 1 aromatic heterocycles. The number of aromatic nitrogens is 1. The highest BCUT2D eigenvalue weighted by Gasteiger charge is 2.22. The van der Waals surface area contributed by atoms with Gasteiger partial charge in [0.15, 0.2) is 6.10 Å². The van der Waals surface area contributed by atoms with Gasteiger partial charge in [-0.05, 0) is 43.7 Å². The summed E-state index contributed by atoms with van der Waals surface area (Å²) >= 11 is 5.91. The molecule has 0 spiro atoms. The number of aliphatic carboxylic acids is 1. The Morgan fingerprint density at radius 3 is 2.65 bits per heavy atom. The third-order valence-corrected chi connectivity index (χ3v) is 4.86. The number of anilines is 1. The van der Waals surface area contributed by atoms with Crippen LogP contribution in [0.15, 0.2) is 54.7 Å². The van der Waals surface area contributed by atoms with E-state index in [0.717, 1.165) is 16.5 Å². The number of halogens is 1. The van der Waals surface area contributed by atoms with Crippen molar-refractivity contribution < 1.29 is 24.2 Å². The fourth-order valence-electron chi connectivity index (χ4n) is 3.35. The molecule has 8 heteroatoms. The zero-order valence-corrected chi connectivity index (χ0v) is 18.1. The third kappa shape index (κ3) is 6.23. The molecule has 1 amide bonds. The largest absolute Gasteiger partial charge is 0.479 e. The lowest BCUT2D eigenvalue weighted by Crippen LogP contribution is -2.29. The summed E-state index contributed by atoms with van der Waals surface area (Å²) < 4.78 is 12.8. The van der Waals surface area contributed by atoms with E-state index in [-0.39, 0.29) is 19.1 Å². The standard InChI is InChI=1S/C23H25ClN2O5/c1-15(2)31-21(22(27)28)12-16-14-26(20-9-4-3-8-19(16)20)10-11-30-23(29)25-18-7-5-6-17(24)13-18/h3-9,13-15,21H,10-12H2,1-2H3,(H,25,29)(H,27,28). The molecule has 2 N–H and O–H groups in total. The number of nitrogens with zero attached hydrogens (tertiary/aromatic N) is 1. The van der Waals surface area contributed by atoms with Crippen LogP contribution in [0.4, 0.5) is 10.5 Å². The number of nitrogens with one attached hydrogen (secondary N) is 1. The number of rotatable bonds is 9. The maximum Gasteiger partial charge on any atom is 0.411 e. The number of carbonyl (C=O) groups excluding carboxylic acids is 1. The number of benzene rings is 2. The number of hydrogen-bond donors (Lipinski definition) is 2. The molecule has 0 radical (unpaired) electrons. The number of hydrogen-bond acceptors (Lipinski definition) is 4. The maximum absolute atomic E-state index is 12.0. The number of fused-ring (bicyclic) bond motifs is 1. The number of carboxylic acid groups (broad SMARTS) is 1. The Balaban J connectivity index is 1.67. The van der Waals surface area contributed by atoms with Gasteiger partial charge in [0.1, 0.15) is 6.61 Å². The molecule has 31 heavy (non-hydrogen) atoms. The summed E-state index contributed by atoms with van der Waals surface area (Å²) in [7, 11) is 0. The van der Waals surface area contributed by atoms with Crippen LogP contribution < -0.4 is 5.32 Å². The van der Waals surface area contributed by atoms with Gasteiger partial charge >= 0.3 is 12.1 Å². The van der Waals surface area contributed by atoms with Crippen molar-refractivity contribution >= 4 is 40.3 Å². The van der Waals surface area contributed by atoms with E-state index < -0.39 is 18.2 Å². The van der Waals surface area contributed by atoms with Gasteiger partial charge in [0.05, 0.1) is 12.6 Å². The van der Waals surface area contributed by atoms with Crippen LogP contribution in [0.1, 0.15) is 19.4 Å². The first kappa shape index (κ1) is 22.7. The molecule has 3 rings (SSSR count). The minimum atomic E-state index is -0.994. The number of ether oxygens (including phenoxy) is 2. The van der Waals surface area contributed by atoms with E-state index in [1.807, 2.05) is 48.9 Å². The van der Waals surface area contributed by atoms with Crippen LogP contribution in [0.5, 0.6) is 0 Å². The highest BCUT2D eigenvalue weighted by atomic mass is 35.5. The van der Waals surface area contributed by atoms with Gasteiger partial charge in [-0.2, -0.15) is 0 Å². The second-order valence-corrected chi connectivity index (χ2v) is 7.79. The molecule has 1 heterocycles. The lowest BCUT2D eigenvalue weighted by atomic mass is 10.1. The Kier molecular flexibility index (Phi) is 7.55. The lowest BCUT2D eigenvalue weighted by molar-refractivity contribution is -0.153. The van der Waals surface area contributed by atoms with Gasteiger partial charge in [0, 0.05) is 34.2 Å². The molecule has 0 fully saturated rings. The maximum atomic E-state index is 12.0. The molecular weight excluding hydrogens is 420 g/mol. The number of amides is 1. The van der Waals surface area contributed by atoms with Crippen molar-refractivity contribution in [3.8, 4) is 0 Å². The molecule has 0 aliphatic rings. The van der Waals surface area contributed by atoms with Gasteiger partial charge in [0.2, 0.25) is 0 Å². The number of para-hydroxylation sites is 1. The molecule has 2 aromatic carbocycles. The first-order valence-electron chi connectivity index (χ1n) is 9.98. The molecule has 0 saturated carbocycles. The quantitative estimate of drug-likeness (QED) is 0.486. The fraction of sp³-hybridized carbons (Fsp3) is 0.304. The Hall–Kier alpha value is -3.03. The van der Waals surface area contributed by atoms with Gasteiger partial charge in [-0.3, -0.25) is 5.32 Å². The molecule has 0 bridgehead atoms. The molecule has 1 unspecified atom stereocenters. The first-order valence-corrected chi connectivity index (χ1v) is 10.4. The molecule has 0 saturated heterocycles. The van der Waals surface area contributed by atoms with Crippen molar-refractivity contribution in [2.24, 2.45) is 0 Å². The summed E-state index contributed by atoms with van der Waals surface area (Å²) in [4.78, 5) is 23.6. The molecule has 164 valence electrons. The van der Waals surface area contributed by atoms with E-state index in [4.69, 9.17) is 21.1 Å². The van der Waals surface area contributed by atoms with Gasteiger partial charge in [-0.1, -0.05) is 35.9 Å². The monoisotopic (exact) mass is 444 g/mol. The number of carbonyl (C=O) groups is 2. The second kappa shape index (κ2) is 10.3. The zero-order chi connectivity index (χ0) is 22.4. The minimum absolute atomic E-state index is 0.148. The normalized spacial score (nSPS) is 12.1. The molecule has 1 atom stereocenters. The molecule has 0 aliphatic heterocycles. The van der Waals surface area contributed by atoms with Crippen LogP contribution in [0.25, 0.3) is 10.9 Å². The van der Waals surface area contributed by atoms with Crippen LogP contribution >= 0.6 is 11.6 Å². The van der Waals surface area contributed by atoms with E-state index in [0.29, 0.717) is 17.3 Å². The van der Waals surface area contributed by atoms with Gasteiger partial charge in [0.25, 0.3) is 0 Å². The highest BCUT2D eigenvalue weighted by Crippen LogP contribution is 2.24. The van der Waals surface area contributed by atoms with Crippen LogP contribution in [0, 0.1) is 0 Å². The van der Waals surface area contributed by atoms with Gasteiger partial charge < -0.3 is 19.1 Å². The van der Waals surface area contributed by atoms with Crippen molar-refractivity contribution in [2.45, 2.75) is 39.0 Å². The van der Waals surface area contributed by atoms with Crippen molar-refractivity contribution in [3.05, 3.63) is 65.3 Å². The highest BCUT2D eigenvalue weighted by molar-refractivity contribution is 6.30. The average molecular weight is 445 g/mol. The smallest absolute Gasteiger partial charge is 0.411 e. The number of carboxylic acids is 1. The molecule has 0 aliphatic carbocycles. The summed E-state index contributed by atoms with van der Waals surface area (Å²) in [6, 6.07) is 14.5. The summed E-state index contributed by atoms with van der Waals surface area (Å²) in [6.07, 6.45) is 0.440. The molecule has 7 nitrogen and oxygen atoms in total. The van der Waals surface area contributed by atoms with Crippen LogP contribution in [0.3, 0.4) is 0 Å². The summed E-state index contributed by atoms with van der Waals surface area (Å²) in [5.74, 6) is -0.994. The van der Waals surface area contributed by atoms with E-state index in [2.05, 4.69) is 5.32 Å². The Morgan fingerprint density at radius 1 is 1.16 bits per heavy atom. The van der Waals surface area contributed by atoms with Gasteiger partial charge in [-0.15, -0.1) is 0 Å². The SMILES string of the molecule is CC(C)OC(Cc1cn(CCOC(=O)Nc2cccc(Cl)c2)c2ccccc12)C(=O)O. The van der Waals surface area contributed by atoms with E-state index in [1.165, 1.54) is 0 Å². The van der Waals surface area contributed by atoms with Crippen LogP contribution in [-0.2, 0) is 27.2 Å². The molecular formula is C23H25ClN2O5. The molecule has 3 aromatic rings. The average Bonchev–Trinajstić information content (AvgIpc) is 3.05. The van der Waals surface area contributed by atoms with E-state index in [9.17, 15) is 14.7 Å². The van der Waals surface area contributed by atoms with Crippen LogP contribution in [-0.4, -0.2) is 40.6 Å². The third-order valence-electron chi connectivity index (χ3n) is 4.62. The van der Waals surface area contributed by atoms with Crippen molar-refractivity contribution in [1.82, 2.24) is 4.57 Å². The van der Waals surface area contributed by atoms with Crippen LogP contribution in [0.2, 0.25) is 5.02 Å². The minimum Gasteiger partial charge on any atom is -0.479 e. The van der Waals surface area contributed by atoms with Crippen molar-refractivity contribution in [3.63, 3.8) is 0 Å². The summed E-state index contributed by atoms with van der Waals surface area (Å²) in [5, 5.41) is 13.6. The Bertz CT molecular complexity index is 1060. The van der Waals surface area contributed by atoms with Gasteiger partial charge in [-0.25, -0.2) is 9.59 Å². The Labute approximate surface area is 185 Å². The lowest BCUT2D eigenvalue weighted by Gasteiger charge is -2.16. The van der Waals surface area contributed by atoms with E-state index >= 15 is 0 Å². The van der Waals surface area contributed by atoms with Crippen molar-refractivity contribution in [1.29, 1.82) is 0 Å².